The molecule has 3 rings (SSSR count). The van der Waals surface area contributed by atoms with Crippen molar-refractivity contribution in [3.8, 4) is 11.1 Å². The SMILES string of the molecule is CO/N=C1/CCN(C(=O)c2ccc(-c3ccccc3C)cc2)C1C(=O)O. The molecule has 6 nitrogen and oxygen atoms in total. The van der Waals surface area contributed by atoms with Crippen LogP contribution in [-0.2, 0) is 9.63 Å². The van der Waals surface area contributed by atoms with Crippen LogP contribution in [0.4, 0.5) is 0 Å². The number of likely N-dealkylation sites (tertiary alicyclic amines) is 1. The van der Waals surface area contributed by atoms with Crippen LogP contribution in [0.5, 0.6) is 0 Å². The van der Waals surface area contributed by atoms with Crippen molar-refractivity contribution in [1.29, 1.82) is 0 Å². The van der Waals surface area contributed by atoms with Crippen molar-refractivity contribution in [2.24, 2.45) is 5.16 Å². The number of nitrogens with zero attached hydrogens (tertiary/aromatic N) is 2. The third-order valence-electron chi connectivity index (χ3n) is 4.53. The molecule has 1 aliphatic rings. The lowest BCUT2D eigenvalue weighted by Gasteiger charge is -2.21. The minimum absolute atomic E-state index is 0.303. The van der Waals surface area contributed by atoms with Crippen molar-refractivity contribution < 1.29 is 19.5 Å². The van der Waals surface area contributed by atoms with Gasteiger partial charge in [-0.15, -0.1) is 0 Å². The van der Waals surface area contributed by atoms with Gasteiger partial charge in [0, 0.05) is 18.5 Å². The summed E-state index contributed by atoms with van der Waals surface area (Å²) in [6, 6.07) is 14.2. The Labute approximate surface area is 151 Å². The van der Waals surface area contributed by atoms with Crippen LogP contribution >= 0.6 is 0 Å². The van der Waals surface area contributed by atoms with Crippen molar-refractivity contribution >= 4 is 17.6 Å². The Morgan fingerprint density at radius 3 is 2.46 bits per heavy atom. The largest absolute Gasteiger partial charge is 0.479 e. The summed E-state index contributed by atoms with van der Waals surface area (Å²) in [5.74, 6) is -1.43. The first kappa shape index (κ1) is 17.7. The monoisotopic (exact) mass is 352 g/mol. The molecule has 6 heteroatoms. The molecular weight excluding hydrogens is 332 g/mol. The van der Waals surface area contributed by atoms with Gasteiger partial charge in [0.1, 0.15) is 7.11 Å². The molecule has 1 unspecified atom stereocenters. The Hall–Kier alpha value is -3.15. The Morgan fingerprint density at radius 2 is 1.85 bits per heavy atom. The van der Waals surface area contributed by atoms with Gasteiger partial charge in [-0.05, 0) is 35.7 Å². The van der Waals surface area contributed by atoms with Crippen LogP contribution < -0.4 is 0 Å². The zero-order valence-corrected chi connectivity index (χ0v) is 14.7. The van der Waals surface area contributed by atoms with E-state index in [4.69, 9.17) is 4.84 Å². The predicted octanol–water partition coefficient (Wildman–Crippen LogP) is 2.96. The maximum atomic E-state index is 12.8. The van der Waals surface area contributed by atoms with Gasteiger partial charge in [-0.25, -0.2) is 4.79 Å². The van der Waals surface area contributed by atoms with Crippen molar-refractivity contribution in [2.45, 2.75) is 19.4 Å². The van der Waals surface area contributed by atoms with Gasteiger partial charge in [0.05, 0.1) is 5.71 Å². The number of rotatable bonds is 4. The topological polar surface area (TPSA) is 79.2 Å². The summed E-state index contributed by atoms with van der Waals surface area (Å²) in [7, 11) is 1.36. The van der Waals surface area contributed by atoms with E-state index in [1.807, 2.05) is 43.3 Å². The third-order valence-corrected chi connectivity index (χ3v) is 4.53. The Kier molecular flexibility index (Phi) is 5.02. The Bertz CT molecular complexity index is 858. The second-order valence-corrected chi connectivity index (χ2v) is 6.15. The molecule has 0 bridgehead atoms. The summed E-state index contributed by atoms with van der Waals surface area (Å²) in [5, 5.41) is 13.2. The zero-order chi connectivity index (χ0) is 18.7. The number of carboxylic acids is 1. The van der Waals surface area contributed by atoms with Crippen LogP contribution in [0.1, 0.15) is 22.3 Å². The van der Waals surface area contributed by atoms with Gasteiger partial charge in [0.2, 0.25) is 0 Å². The van der Waals surface area contributed by atoms with Gasteiger partial charge >= 0.3 is 5.97 Å². The predicted molar refractivity (Wildman–Crippen MR) is 98.1 cm³/mol. The van der Waals surface area contributed by atoms with E-state index in [-0.39, 0.29) is 5.91 Å². The number of oxime groups is 1. The first-order valence-corrected chi connectivity index (χ1v) is 8.32. The maximum Gasteiger partial charge on any atom is 0.332 e. The summed E-state index contributed by atoms with van der Waals surface area (Å²) in [4.78, 5) is 30.4. The lowest BCUT2D eigenvalue weighted by molar-refractivity contribution is -0.139. The number of aliphatic carboxylic acids is 1. The first-order chi connectivity index (χ1) is 12.5. The molecule has 1 fully saturated rings. The summed E-state index contributed by atoms with van der Waals surface area (Å²) >= 11 is 0. The number of benzene rings is 2. The molecule has 1 heterocycles. The van der Waals surface area contributed by atoms with Crippen LogP contribution in [0.15, 0.2) is 53.7 Å². The Balaban J connectivity index is 1.85. The van der Waals surface area contributed by atoms with Crippen LogP contribution in [0.3, 0.4) is 0 Å². The van der Waals surface area contributed by atoms with Crippen LogP contribution in [-0.4, -0.2) is 47.3 Å². The molecular formula is C20H20N2O4. The van der Waals surface area contributed by atoms with Crippen LogP contribution in [0.2, 0.25) is 0 Å². The summed E-state index contributed by atoms with van der Waals surface area (Å²) < 4.78 is 0. The number of carbonyl (C=O) groups is 2. The van der Waals surface area contributed by atoms with Crippen molar-refractivity contribution in [1.82, 2.24) is 4.90 Å². The van der Waals surface area contributed by atoms with Crippen molar-refractivity contribution in [3.63, 3.8) is 0 Å². The van der Waals surface area contributed by atoms with E-state index >= 15 is 0 Å². The maximum absolute atomic E-state index is 12.8. The minimum atomic E-state index is -1.11. The van der Waals surface area contributed by atoms with Gasteiger partial charge < -0.3 is 14.8 Å². The van der Waals surface area contributed by atoms with Gasteiger partial charge in [-0.1, -0.05) is 41.6 Å². The number of hydrogen-bond acceptors (Lipinski definition) is 4. The van der Waals surface area contributed by atoms with Gasteiger partial charge in [-0.2, -0.15) is 0 Å². The molecule has 1 amide bonds. The molecule has 2 aromatic carbocycles. The highest BCUT2D eigenvalue weighted by Gasteiger charge is 2.40. The van der Waals surface area contributed by atoms with E-state index < -0.39 is 12.0 Å². The molecule has 1 N–H and O–H groups in total. The van der Waals surface area contributed by atoms with Crippen molar-refractivity contribution in [2.75, 3.05) is 13.7 Å². The molecule has 1 atom stereocenters. The lowest BCUT2D eigenvalue weighted by Crippen LogP contribution is -2.43. The number of amides is 1. The van der Waals surface area contributed by atoms with Gasteiger partial charge in [0.25, 0.3) is 5.91 Å². The molecule has 2 aromatic rings. The highest BCUT2D eigenvalue weighted by atomic mass is 16.6. The molecule has 134 valence electrons. The van der Waals surface area contributed by atoms with E-state index in [2.05, 4.69) is 5.16 Å². The second kappa shape index (κ2) is 7.39. The van der Waals surface area contributed by atoms with Crippen molar-refractivity contribution in [3.05, 3.63) is 59.7 Å². The Morgan fingerprint density at radius 1 is 1.15 bits per heavy atom. The third kappa shape index (κ3) is 3.31. The van der Waals surface area contributed by atoms with E-state index in [1.54, 1.807) is 12.1 Å². The smallest absolute Gasteiger partial charge is 0.332 e. The van der Waals surface area contributed by atoms with Crippen LogP contribution in [0.25, 0.3) is 11.1 Å². The molecule has 0 spiro atoms. The standard InChI is InChI=1S/C20H20N2O4/c1-13-5-3-4-6-16(13)14-7-9-15(10-8-14)19(23)22-12-11-17(21-26-2)18(22)20(24)25/h3-10,18H,11-12H2,1-2H3,(H,24,25)/b21-17-. The molecule has 0 aliphatic carbocycles. The molecule has 0 aromatic heterocycles. The summed E-state index contributed by atoms with van der Waals surface area (Å²) in [5.41, 5.74) is 4.07. The highest BCUT2D eigenvalue weighted by molar-refractivity contribution is 6.11. The van der Waals surface area contributed by atoms with Gasteiger partial charge in [-0.3, -0.25) is 4.79 Å². The van der Waals surface area contributed by atoms with Crippen LogP contribution in [0, 0.1) is 6.92 Å². The second-order valence-electron chi connectivity index (χ2n) is 6.15. The highest BCUT2D eigenvalue weighted by Crippen LogP contribution is 2.25. The quantitative estimate of drug-likeness (QED) is 0.858. The minimum Gasteiger partial charge on any atom is -0.479 e. The molecule has 1 saturated heterocycles. The fourth-order valence-electron chi connectivity index (χ4n) is 3.24. The van der Waals surface area contributed by atoms with E-state index in [1.165, 1.54) is 12.0 Å². The number of carboxylic acid groups (broad SMARTS) is 1. The number of carbonyl (C=O) groups excluding carboxylic acids is 1. The summed E-state index contributed by atoms with van der Waals surface area (Å²) in [6.07, 6.45) is 0.387. The average Bonchev–Trinajstić information content (AvgIpc) is 3.06. The number of aryl methyl sites for hydroxylation is 1. The summed E-state index contributed by atoms with van der Waals surface area (Å²) in [6.45, 7) is 2.34. The molecule has 0 radical (unpaired) electrons. The lowest BCUT2D eigenvalue weighted by atomic mass is 9.99. The van der Waals surface area contributed by atoms with Gasteiger partial charge in [0.15, 0.2) is 6.04 Å². The normalized spacial score (nSPS) is 18.2. The zero-order valence-electron chi connectivity index (χ0n) is 14.7. The number of hydrogen-bond donors (Lipinski definition) is 1. The van der Waals surface area contributed by atoms with E-state index in [0.717, 1.165) is 16.7 Å². The first-order valence-electron chi connectivity index (χ1n) is 8.32. The fraction of sp³-hybridized carbons (Fsp3) is 0.250. The molecule has 26 heavy (non-hydrogen) atoms. The molecule has 1 aliphatic heterocycles. The van der Waals surface area contributed by atoms with E-state index in [9.17, 15) is 14.7 Å². The van der Waals surface area contributed by atoms with E-state index in [0.29, 0.717) is 24.2 Å². The molecule has 0 saturated carbocycles. The average molecular weight is 352 g/mol. The fourth-order valence-corrected chi connectivity index (χ4v) is 3.24.